The number of aryl methyl sites for hydroxylation is 1. The van der Waals surface area contributed by atoms with Crippen molar-refractivity contribution in [1.29, 1.82) is 0 Å². The molecule has 0 radical (unpaired) electrons. The van der Waals surface area contributed by atoms with E-state index in [2.05, 4.69) is 15.8 Å². The van der Waals surface area contributed by atoms with Crippen LogP contribution in [0.3, 0.4) is 0 Å². The number of carbonyl (C=O) groups is 2. The molecular formula is C23H20FN3O3. The first-order valence-electron chi connectivity index (χ1n) is 9.20. The van der Waals surface area contributed by atoms with Crippen LogP contribution in [0.25, 0.3) is 0 Å². The number of nitrogens with zero attached hydrogens (tertiary/aromatic N) is 1. The highest BCUT2D eigenvalue weighted by Crippen LogP contribution is 2.14. The van der Waals surface area contributed by atoms with Gasteiger partial charge in [-0.2, -0.15) is 5.10 Å². The number of benzene rings is 3. The Balaban J connectivity index is 1.46. The first kappa shape index (κ1) is 20.7. The molecule has 6 nitrogen and oxygen atoms in total. The summed E-state index contributed by atoms with van der Waals surface area (Å²) in [5, 5.41) is 6.91. The van der Waals surface area contributed by atoms with Crippen molar-refractivity contribution in [2.24, 2.45) is 5.10 Å². The number of hydrogen-bond donors (Lipinski definition) is 2. The lowest BCUT2D eigenvalue weighted by Crippen LogP contribution is -2.25. The van der Waals surface area contributed by atoms with Crippen LogP contribution in [0.5, 0.6) is 5.75 Å². The van der Waals surface area contributed by atoms with Gasteiger partial charge < -0.3 is 10.1 Å². The lowest BCUT2D eigenvalue weighted by molar-refractivity contribution is -0.119. The summed E-state index contributed by atoms with van der Waals surface area (Å²) in [6, 6.07) is 19.5. The lowest BCUT2D eigenvalue weighted by atomic mass is 10.2. The number of ether oxygens (including phenoxy) is 1. The summed E-state index contributed by atoms with van der Waals surface area (Å²) in [6.07, 6.45) is 1.47. The van der Waals surface area contributed by atoms with Crippen molar-refractivity contribution in [3.05, 3.63) is 95.3 Å². The number of amides is 1. The van der Waals surface area contributed by atoms with E-state index in [0.29, 0.717) is 11.3 Å². The Morgan fingerprint density at radius 2 is 1.77 bits per heavy atom. The van der Waals surface area contributed by atoms with Crippen LogP contribution < -0.4 is 15.5 Å². The number of carbonyl (C=O) groups excluding carboxylic acids is 2. The molecule has 1 amide bonds. The highest BCUT2D eigenvalue weighted by atomic mass is 19.1. The van der Waals surface area contributed by atoms with Gasteiger partial charge in [-0.05, 0) is 67.1 Å². The number of nitrogens with one attached hydrogen (secondary N) is 2. The number of anilines is 1. The smallest absolute Gasteiger partial charge is 0.343 e. The normalized spacial score (nSPS) is 10.6. The third-order valence-electron chi connectivity index (χ3n) is 4.06. The fraction of sp³-hybridized carbons (Fsp3) is 0.0870. The molecule has 0 aromatic heterocycles. The standard InChI is InChI=1S/C23H20FN3O3/c1-16-5-9-20(10-6-16)25-15-22(28)27-26-14-17-7-11-21(12-8-17)30-23(29)18-3-2-4-19(24)13-18/h2-14,25H,15H2,1H3,(H,27,28)/b26-14-. The van der Waals surface area contributed by atoms with Gasteiger partial charge in [0, 0.05) is 5.69 Å². The number of hydrazone groups is 1. The molecule has 2 N–H and O–H groups in total. The van der Waals surface area contributed by atoms with Gasteiger partial charge in [0.05, 0.1) is 18.3 Å². The first-order valence-corrected chi connectivity index (χ1v) is 9.20. The van der Waals surface area contributed by atoms with Gasteiger partial charge in [0.15, 0.2) is 0 Å². The summed E-state index contributed by atoms with van der Waals surface area (Å²) in [7, 11) is 0. The maximum Gasteiger partial charge on any atom is 0.343 e. The Kier molecular flexibility index (Phi) is 6.89. The second kappa shape index (κ2) is 9.97. The molecule has 0 bridgehead atoms. The predicted octanol–water partition coefficient (Wildman–Crippen LogP) is 3.92. The molecule has 0 aliphatic carbocycles. The average molecular weight is 405 g/mol. The minimum Gasteiger partial charge on any atom is -0.423 e. The summed E-state index contributed by atoms with van der Waals surface area (Å²) >= 11 is 0. The van der Waals surface area contributed by atoms with Crippen LogP contribution in [-0.4, -0.2) is 24.6 Å². The fourth-order valence-electron chi connectivity index (χ4n) is 2.48. The average Bonchev–Trinajstić information content (AvgIpc) is 2.74. The number of rotatable bonds is 7. The van der Waals surface area contributed by atoms with E-state index in [0.717, 1.165) is 17.3 Å². The summed E-state index contributed by atoms with van der Waals surface area (Å²) < 4.78 is 18.4. The van der Waals surface area contributed by atoms with E-state index < -0.39 is 11.8 Å². The van der Waals surface area contributed by atoms with Crippen molar-refractivity contribution >= 4 is 23.8 Å². The van der Waals surface area contributed by atoms with Crippen LogP contribution in [0.15, 0.2) is 77.9 Å². The van der Waals surface area contributed by atoms with Crippen LogP contribution in [0, 0.1) is 12.7 Å². The molecule has 30 heavy (non-hydrogen) atoms. The van der Waals surface area contributed by atoms with Gasteiger partial charge in [-0.3, -0.25) is 4.79 Å². The van der Waals surface area contributed by atoms with E-state index in [1.807, 2.05) is 31.2 Å². The van der Waals surface area contributed by atoms with Crippen LogP contribution in [0.4, 0.5) is 10.1 Å². The van der Waals surface area contributed by atoms with Crippen molar-refractivity contribution in [3.8, 4) is 5.75 Å². The maximum atomic E-state index is 13.2. The highest BCUT2D eigenvalue weighted by molar-refractivity contribution is 5.91. The third-order valence-corrected chi connectivity index (χ3v) is 4.06. The van der Waals surface area contributed by atoms with E-state index >= 15 is 0 Å². The summed E-state index contributed by atoms with van der Waals surface area (Å²) in [5.41, 5.74) is 5.26. The van der Waals surface area contributed by atoms with Crippen LogP contribution in [-0.2, 0) is 4.79 Å². The SMILES string of the molecule is Cc1ccc(NCC(=O)N/N=C\c2ccc(OC(=O)c3cccc(F)c3)cc2)cc1. The second-order valence-electron chi connectivity index (χ2n) is 6.48. The topological polar surface area (TPSA) is 79.8 Å². The Morgan fingerprint density at radius 3 is 2.47 bits per heavy atom. The van der Waals surface area contributed by atoms with Gasteiger partial charge in [-0.1, -0.05) is 23.8 Å². The zero-order valence-electron chi connectivity index (χ0n) is 16.3. The van der Waals surface area contributed by atoms with E-state index in [-0.39, 0.29) is 18.0 Å². The Bertz CT molecular complexity index is 1050. The van der Waals surface area contributed by atoms with E-state index in [4.69, 9.17) is 4.74 Å². The Morgan fingerprint density at radius 1 is 1.03 bits per heavy atom. The molecule has 152 valence electrons. The van der Waals surface area contributed by atoms with E-state index in [1.165, 1.54) is 24.4 Å². The third kappa shape index (κ3) is 6.27. The van der Waals surface area contributed by atoms with Crippen molar-refractivity contribution in [2.75, 3.05) is 11.9 Å². The zero-order chi connectivity index (χ0) is 21.3. The van der Waals surface area contributed by atoms with Gasteiger partial charge in [-0.15, -0.1) is 0 Å². The lowest BCUT2D eigenvalue weighted by Gasteiger charge is -2.05. The van der Waals surface area contributed by atoms with Crippen molar-refractivity contribution in [3.63, 3.8) is 0 Å². The summed E-state index contributed by atoms with van der Waals surface area (Å²) in [4.78, 5) is 23.8. The zero-order valence-corrected chi connectivity index (χ0v) is 16.3. The molecule has 3 rings (SSSR count). The molecule has 0 aliphatic heterocycles. The molecule has 0 heterocycles. The van der Waals surface area contributed by atoms with Crippen molar-refractivity contribution in [1.82, 2.24) is 5.43 Å². The van der Waals surface area contributed by atoms with Crippen LogP contribution >= 0.6 is 0 Å². The van der Waals surface area contributed by atoms with E-state index in [1.54, 1.807) is 24.3 Å². The quantitative estimate of drug-likeness (QED) is 0.270. The minimum atomic E-state index is -0.649. The van der Waals surface area contributed by atoms with Crippen molar-refractivity contribution < 1.29 is 18.7 Å². The number of hydrogen-bond acceptors (Lipinski definition) is 5. The Hall–Kier alpha value is -4.00. The molecule has 0 saturated heterocycles. The van der Waals surface area contributed by atoms with Crippen molar-refractivity contribution in [2.45, 2.75) is 6.92 Å². The molecule has 7 heteroatoms. The molecule has 3 aromatic rings. The molecule has 0 aliphatic rings. The minimum absolute atomic E-state index is 0.0926. The molecule has 0 spiro atoms. The number of esters is 1. The largest absolute Gasteiger partial charge is 0.423 e. The molecular weight excluding hydrogens is 385 g/mol. The first-order chi connectivity index (χ1) is 14.5. The van der Waals surface area contributed by atoms with Gasteiger partial charge in [0.25, 0.3) is 5.91 Å². The van der Waals surface area contributed by atoms with E-state index in [9.17, 15) is 14.0 Å². The Labute approximate surface area is 173 Å². The maximum absolute atomic E-state index is 13.2. The van der Waals surface area contributed by atoms with Gasteiger partial charge in [0.2, 0.25) is 0 Å². The van der Waals surface area contributed by atoms with Crippen LogP contribution in [0.1, 0.15) is 21.5 Å². The summed E-state index contributed by atoms with van der Waals surface area (Å²) in [6.45, 7) is 2.08. The second-order valence-corrected chi connectivity index (χ2v) is 6.48. The monoisotopic (exact) mass is 405 g/mol. The van der Waals surface area contributed by atoms with Gasteiger partial charge in [0.1, 0.15) is 11.6 Å². The molecule has 0 atom stereocenters. The molecule has 3 aromatic carbocycles. The molecule has 0 unspecified atom stereocenters. The number of halogens is 1. The molecule has 0 saturated carbocycles. The van der Waals surface area contributed by atoms with Gasteiger partial charge in [-0.25, -0.2) is 14.6 Å². The highest BCUT2D eigenvalue weighted by Gasteiger charge is 2.09. The predicted molar refractivity (Wildman–Crippen MR) is 113 cm³/mol. The fourth-order valence-corrected chi connectivity index (χ4v) is 2.48. The van der Waals surface area contributed by atoms with Gasteiger partial charge >= 0.3 is 5.97 Å². The summed E-state index contributed by atoms with van der Waals surface area (Å²) in [5.74, 6) is -1.13. The van der Waals surface area contributed by atoms with Crippen LogP contribution in [0.2, 0.25) is 0 Å². The molecule has 0 fully saturated rings.